The Hall–Kier alpha value is -2.15. The van der Waals surface area contributed by atoms with Gasteiger partial charge >= 0.3 is 0 Å². The minimum Gasteiger partial charge on any atom is -0.387 e. The smallest absolute Gasteiger partial charge is 0.270 e. The lowest BCUT2D eigenvalue weighted by Crippen LogP contribution is -2.26. The molecule has 0 spiro atoms. The third-order valence-corrected chi connectivity index (χ3v) is 3.59. The Morgan fingerprint density at radius 3 is 2.95 bits per heavy atom. The van der Waals surface area contributed by atoms with E-state index in [1.165, 1.54) is 18.2 Å². The molecular weight excluding hydrogens is 274 g/mol. The molecule has 7 heteroatoms. The molecule has 0 aromatic heterocycles. The second-order valence-corrected chi connectivity index (χ2v) is 5.01. The summed E-state index contributed by atoms with van der Waals surface area (Å²) in [5, 5.41) is 16.5. The Balaban J connectivity index is 1.99. The molecule has 0 bridgehead atoms. The number of anilines is 1. The number of hydrogen-bond donors (Lipinski definition) is 2. The lowest BCUT2D eigenvalue weighted by Gasteiger charge is -2.11. The van der Waals surface area contributed by atoms with Gasteiger partial charge in [-0.15, -0.1) is 0 Å². The van der Waals surface area contributed by atoms with E-state index in [1.54, 1.807) is 7.05 Å². The molecule has 0 aliphatic carbocycles. The summed E-state index contributed by atoms with van der Waals surface area (Å²) in [6.07, 6.45) is 1.88. The summed E-state index contributed by atoms with van der Waals surface area (Å²) < 4.78 is 5.28. The fourth-order valence-corrected chi connectivity index (χ4v) is 2.35. The second-order valence-electron chi connectivity index (χ2n) is 5.01. The zero-order chi connectivity index (χ0) is 15.2. The monoisotopic (exact) mass is 293 g/mol. The molecule has 1 aromatic rings. The molecule has 1 heterocycles. The van der Waals surface area contributed by atoms with Crippen molar-refractivity contribution in [2.75, 3.05) is 32.1 Å². The number of carbonyl (C=O) groups is 1. The van der Waals surface area contributed by atoms with Crippen LogP contribution in [0, 0.1) is 16.0 Å². The number of nitro benzene ring substituents is 1. The average Bonchev–Trinajstić information content (AvgIpc) is 2.99. The first kappa shape index (κ1) is 15.2. The SMILES string of the molecule is CNc1ccc([N+](=O)[O-])cc1C(=O)NCCC1CCOC1. The summed E-state index contributed by atoms with van der Waals surface area (Å²) in [6, 6.07) is 4.20. The molecule has 1 saturated heterocycles. The van der Waals surface area contributed by atoms with E-state index < -0.39 is 4.92 Å². The van der Waals surface area contributed by atoms with E-state index in [9.17, 15) is 14.9 Å². The Bertz CT molecular complexity index is 527. The highest BCUT2D eigenvalue weighted by molar-refractivity contribution is 6.00. The van der Waals surface area contributed by atoms with Crippen molar-refractivity contribution in [1.29, 1.82) is 0 Å². The highest BCUT2D eigenvalue weighted by atomic mass is 16.6. The average molecular weight is 293 g/mol. The first-order chi connectivity index (χ1) is 10.1. The molecule has 0 radical (unpaired) electrons. The highest BCUT2D eigenvalue weighted by Gasteiger charge is 2.18. The van der Waals surface area contributed by atoms with E-state index in [0.29, 0.717) is 18.2 Å². The van der Waals surface area contributed by atoms with Crippen molar-refractivity contribution in [2.24, 2.45) is 5.92 Å². The maximum Gasteiger partial charge on any atom is 0.270 e. The molecule has 1 aliphatic heterocycles. The van der Waals surface area contributed by atoms with Gasteiger partial charge in [-0.05, 0) is 24.8 Å². The predicted octanol–water partition coefficient (Wildman–Crippen LogP) is 1.79. The molecule has 1 aliphatic rings. The van der Waals surface area contributed by atoms with Gasteiger partial charge in [-0.2, -0.15) is 0 Å². The minimum absolute atomic E-state index is 0.0941. The van der Waals surface area contributed by atoms with Gasteiger partial charge in [0.15, 0.2) is 0 Å². The topological polar surface area (TPSA) is 93.5 Å². The van der Waals surface area contributed by atoms with Gasteiger partial charge in [0.2, 0.25) is 0 Å². The Labute approximate surface area is 122 Å². The molecule has 2 N–H and O–H groups in total. The minimum atomic E-state index is -0.508. The van der Waals surface area contributed by atoms with Gasteiger partial charge in [0.05, 0.1) is 10.5 Å². The molecule has 1 amide bonds. The first-order valence-electron chi connectivity index (χ1n) is 6.94. The Morgan fingerprint density at radius 2 is 2.33 bits per heavy atom. The number of nitro groups is 1. The molecule has 1 atom stereocenters. The summed E-state index contributed by atoms with van der Waals surface area (Å²) in [5.74, 6) is 0.182. The fraction of sp³-hybridized carbons (Fsp3) is 0.500. The van der Waals surface area contributed by atoms with Gasteiger partial charge in [0.1, 0.15) is 0 Å². The normalized spacial score (nSPS) is 17.5. The lowest BCUT2D eigenvalue weighted by molar-refractivity contribution is -0.384. The molecule has 1 fully saturated rings. The molecule has 2 rings (SSSR count). The second kappa shape index (κ2) is 7.03. The number of carbonyl (C=O) groups excluding carboxylic acids is 1. The van der Waals surface area contributed by atoms with Gasteiger partial charge < -0.3 is 15.4 Å². The van der Waals surface area contributed by atoms with E-state index in [2.05, 4.69) is 10.6 Å². The number of rotatable bonds is 6. The van der Waals surface area contributed by atoms with Crippen LogP contribution >= 0.6 is 0 Å². The van der Waals surface area contributed by atoms with Crippen LogP contribution in [-0.4, -0.2) is 37.6 Å². The Morgan fingerprint density at radius 1 is 1.52 bits per heavy atom. The molecule has 114 valence electrons. The molecule has 1 unspecified atom stereocenters. The van der Waals surface area contributed by atoms with Gasteiger partial charge in [-0.3, -0.25) is 14.9 Å². The zero-order valence-corrected chi connectivity index (χ0v) is 11.9. The maximum absolute atomic E-state index is 12.2. The highest BCUT2D eigenvalue weighted by Crippen LogP contribution is 2.22. The number of benzene rings is 1. The van der Waals surface area contributed by atoms with Gasteiger partial charge in [0.25, 0.3) is 11.6 Å². The van der Waals surface area contributed by atoms with Crippen LogP contribution in [0.2, 0.25) is 0 Å². The van der Waals surface area contributed by atoms with Crippen molar-refractivity contribution in [3.63, 3.8) is 0 Å². The summed E-state index contributed by atoms with van der Waals surface area (Å²) in [6.45, 7) is 2.07. The van der Waals surface area contributed by atoms with Crippen molar-refractivity contribution in [2.45, 2.75) is 12.8 Å². The zero-order valence-electron chi connectivity index (χ0n) is 11.9. The van der Waals surface area contributed by atoms with E-state index in [4.69, 9.17) is 4.74 Å². The van der Waals surface area contributed by atoms with Crippen molar-refractivity contribution in [1.82, 2.24) is 5.32 Å². The lowest BCUT2D eigenvalue weighted by atomic mass is 10.1. The number of hydrogen-bond acceptors (Lipinski definition) is 5. The van der Waals surface area contributed by atoms with Crippen LogP contribution < -0.4 is 10.6 Å². The van der Waals surface area contributed by atoms with E-state index in [1.807, 2.05) is 0 Å². The number of ether oxygens (including phenoxy) is 1. The fourth-order valence-electron chi connectivity index (χ4n) is 2.35. The van der Waals surface area contributed by atoms with Gasteiger partial charge in [-0.1, -0.05) is 0 Å². The van der Waals surface area contributed by atoms with Crippen LogP contribution in [0.5, 0.6) is 0 Å². The standard InChI is InChI=1S/C14H19N3O4/c1-15-13-3-2-11(17(19)20)8-12(13)14(18)16-6-4-10-5-7-21-9-10/h2-3,8,10,15H,4-7,9H2,1H3,(H,16,18). The molecule has 21 heavy (non-hydrogen) atoms. The number of nitrogens with zero attached hydrogens (tertiary/aromatic N) is 1. The maximum atomic E-state index is 12.2. The van der Waals surface area contributed by atoms with Crippen LogP contribution in [0.25, 0.3) is 0 Å². The quantitative estimate of drug-likeness (QED) is 0.616. The van der Waals surface area contributed by atoms with Crippen molar-refractivity contribution < 1.29 is 14.5 Å². The molecule has 7 nitrogen and oxygen atoms in total. The van der Waals surface area contributed by atoms with Crippen molar-refractivity contribution in [3.05, 3.63) is 33.9 Å². The van der Waals surface area contributed by atoms with E-state index in [0.717, 1.165) is 26.1 Å². The largest absolute Gasteiger partial charge is 0.387 e. The summed E-state index contributed by atoms with van der Waals surface area (Å²) in [7, 11) is 1.67. The number of nitrogens with one attached hydrogen (secondary N) is 2. The molecule has 1 aromatic carbocycles. The van der Waals surface area contributed by atoms with Crippen LogP contribution in [0.3, 0.4) is 0 Å². The van der Waals surface area contributed by atoms with E-state index in [-0.39, 0.29) is 17.2 Å². The first-order valence-corrected chi connectivity index (χ1v) is 6.94. The molecule has 0 saturated carbocycles. The number of amides is 1. The molecular formula is C14H19N3O4. The third kappa shape index (κ3) is 3.91. The third-order valence-electron chi connectivity index (χ3n) is 3.59. The van der Waals surface area contributed by atoms with Crippen molar-refractivity contribution >= 4 is 17.3 Å². The van der Waals surface area contributed by atoms with E-state index >= 15 is 0 Å². The van der Waals surface area contributed by atoms with Crippen molar-refractivity contribution in [3.8, 4) is 0 Å². The van der Waals surface area contributed by atoms with Crippen LogP contribution in [0.4, 0.5) is 11.4 Å². The van der Waals surface area contributed by atoms with Crippen LogP contribution in [0.15, 0.2) is 18.2 Å². The number of non-ortho nitro benzene ring substituents is 1. The summed E-state index contributed by atoms with van der Waals surface area (Å²) in [5.41, 5.74) is 0.764. The van der Waals surface area contributed by atoms with Gasteiger partial charge in [-0.25, -0.2) is 0 Å². The summed E-state index contributed by atoms with van der Waals surface area (Å²) in [4.78, 5) is 22.5. The predicted molar refractivity (Wildman–Crippen MR) is 78.5 cm³/mol. The Kier molecular flexibility index (Phi) is 5.10. The van der Waals surface area contributed by atoms with Crippen LogP contribution in [-0.2, 0) is 4.74 Å². The van der Waals surface area contributed by atoms with Crippen LogP contribution in [0.1, 0.15) is 23.2 Å². The summed E-state index contributed by atoms with van der Waals surface area (Å²) >= 11 is 0. The van der Waals surface area contributed by atoms with Gasteiger partial charge in [0, 0.05) is 44.6 Å².